The van der Waals surface area contributed by atoms with Gasteiger partial charge in [-0.2, -0.15) is 0 Å². The average Bonchev–Trinajstić information content (AvgIpc) is 3.30. The maximum atomic E-state index is 12.7. The van der Waals surface area contributed by atoms with Crippen molar-refractivity contribution in [3.63, 3.8) is 0 Å². The molecule has 0 radical (unpaired) electrons. The molecule has 0 unspecified atom stereocenters. The first kappa shape index (κ1) is 22.4. The number of aryl methyl sites for hydroxylation is 1. The van der Waals surface area contributed by atoms with E-state index in [4.69, 9.17) is 9.15 Å². The lowest BCUT2D eigenvalue weighted by Crippen LogP contribution is -2.25. The van der Waals surface area contributed by atoms with Gasteiger partial charge in [0.1, 0.15) is 5.76 Å². The van der Waals surface area contributed by atoms with Crippen molar-refractivity contribution in [1.29, 1.82) is 0 Å². The van der Waals surface area contributed by atoms with E-state index >= 15 is 0 Å². The molecule has 2 aromatic carbocycles. The highest BCUT2D eigenvalue weighted by Gasteiger charge is 2.22. The van der Waals surface area contributed by atoms with Gasteiger partial charge in [0, 0.05) is 10.5 Å². The van der Waals surface area contributed by atoms with Gasteiger partial charge in [-0.1, -0.05) is 42.0 Å². The van der Waals surface area contributed by atoms with Crippen LogP contribution in [-0.4, -0.2) is 29.5 Å². The summed E-state index contributed by atoms with van der Waals surface area (Å²) in [4.78, 5) is 38.0. The van der Waals surface area contributed by atoms with Gasteiger partial charge in [0.05, 0.1) is 24.1 Å². The topological polar surface area (TPSA) is 85.6 Å². The number of carbonyl (C=O) groups excluding carboxylic acids is 3. The smallest absolute Gasteiger partial charge is 0.339 e. The van der Waals surface area contributed by atoms with Crippen LogP contribution in [0.15, 0.2) is 76.2 Å². The Morgan fingerprint density at radius 2 is 1.77 bits per heavy atom. The van der Waals surface area contributed by atoms with Gasteiger partial charge in [0.15, 0.2) is 6.10 Å². The number of benzene rings is 2. The van der Waals surface area contributed by atoms with Gasteiger partial charge in [-0.15, -0.1) is 11.8 Å². The molecule has 1 heterocycles. The predicted octanol–water partition coefficient (Wildman–Crippen LogP) is 4.42. The van der Waals surface area contributed by atoms with E-state index in [0.717, 1.165) is 5.56 Å². The molecule has 160 valence electrons. The predicted molar refractivity (Wildman–Crippen MR) is 118 cm³/mol. The Balaban J connectivity index is 1.58. The average molecular weight is 438 g/mol. The molecule has 0 saturated carbocycles. The summed E-state index contributed by atoms with van der Waals surface area (Å²) < 4.78 is 10.6. The zero-order valence-corrected chi connectivity index (χ0v) is 18.1. The standard InChI is InChI=1S/C24H23NO5S/c1-16-9-11-18(12-10-16)23(27)17(2)30-24(28)20-7-3-4-8-21(20)31-15-22(26)25-14-19-6-5-13-29-19/h3-13,17H,14-15H2,1-2H3,(H,25,26)/t17-/m0/s1. The highest BCUT2D eigenvalue weighted by molar-refractivity contribution is 8.00. The lowest BCUT2D eigenvalue weighted by atomic mass is 10.1. The Labute approximate surface area is 185 Å². The molecular weight excluding hydrogens is 414 g/mol. The van der Waals surface area contributed by atoms with Crippen molar-refractivity contribution in [3.05, 3.63) is 89.4 Å². The second-order valence-corrected chi connectivity index (χ2v) is 7.94. The second kappa shape index (κ2) is 10.6. The molecule has 0 aliphatic heterocycles. The lowest BCUT2D eigenvalue weighted by Gasteiger charge is -2.14. The number of ketones is 1. The van der Waals surface area contributed by atoms with Crippen LogP contribution in [0.25, 0.3) is 0 Å². The molecule has 3 aromatic rings. The maximum absolute atomic E-state index is 12.7. The van der Waals surface area contributed by atoms with Crippen molar-refractivity contribution in [2.45, 2.75) is 31.4 Å². The summed E-state index contributed by atoms with van der Waals surface area (Å²) in [6.07, 6.45) is 0.618. The summed E-state index contributed by atoms with van der Waals surface area (Å²) in [5, 5.41) is 2.76. The molecule has 0 aliphatic carbocycles. The van der Waals surface area contributed by atoms with E-state index in [-0.39, 0.29) is 17.4 Å². The fourth-order valence-corrected chi connectivity index (χ4v) is 3.65. The molecule has 0 spiro atoms. The SMILES string of the molecule is Cc1ccc(C(=O)[C@H](C)OC(=O)c2ccccc2SCC(=O)NCc2ccco2)cc1. The molecule has 1 N–H and O–H groups in total. The van der Waals surface area contributed by atoms with Gasteiger partial charge in [0.25, 0.3) is 0 Å². The number of carbonyl (C=O) groups is 3. The van der Waals surface area contributed by atoms with Crippen molar-refractivity contribution in [3.8, 4) is 0 Å². The molecule has 1 amide bonds. The minimum absolute atomic E-state index is 0.128. The van der Waals surface area contributed by atoms with Crippen LogP contribution in [0.2, 0.25) is 0 Å². The van der Waals surface area contributed by atoms with Crippen LogP contribution in [0.5, 0.6) is 0 Å². The molecule has 31 heavy (non-hydrogen) atoms. The number of furan rings is 1. The molecule has 3 rings (SSSR count). The van der Waals surface area contributed by atoms with Crippen LogP contribution in [0, 0.1) is 6.92 Å². The molecule has 0 aliphatic rings. The van der Waals surface area contributed by atoms with Crippen LogP contribution in [0.1, 0.15) is 39.0 Å². The van der Waals surface area contributed by atoms with Crippen LogP contribution in [0.4, 0.5) is 0 Å². The van der Waals surface area contributed by atoms with Crippen molar-refractivity contribution >= 4 is 29.4 Å². The van der Waals surface area contributed by atoms with E-state index in [0.29, 0.717) is 28.3 Å². The van der Waals surface area contributed by atoms with Gasteiger partial charge in [-0.25, -0.2) is 4.79 Å². The van der Waals surface area contributed by atoms with Gasteiger partial charge in [0.2, 0.25) is 11.7 Å². The number of hydrogen-bond donors (Lipinski definition) is 1. The molecule has 7 heteroatoms. The van der Waals surface area contributed by atoms with Crippen molar-refractivity contribution < 1.29 is 23.5 Å². The number of esters is 1. The molecule has 0 saturated heterocycles. The first-order valence-corrected chi connectivity index (χ1v) is 10.8. The summed E-state index contributed by atoms with van der Waals surface area (Å²) in [5.41, 5.74) is 1.84. The Morgan fingerprint density at radius 1 is 1.03 bits per heavy atom. The highest BCUT2D eigenvalue weighted by atomic mass is 32.2. The van der Waals surface area contributed by atoms with E-state index in [9.17, 15) is 14.4 Å². The lowest BCUT2D eigenvalue weighted by molar-refractivity contribution is -0.118. The van der Waals surface area contributed by atoms with E-state index in [1.807, 2.05) is 19.1 Å². The van der Waals surface area contributed by atoms with Crippen molar-refractivity contribution in [2.75, 3.05) is 5.75 Å². The quantitative estimate of drug-likeness (QED) is 0.303. The van der Waals surface area contributed by atoms with E-state index in [2.05, 4.69) is 5.32 Å². The Hall–Kier alpha value is -3.32. The molecule has 6 nitrogen and oxygen atoms in total. The Bertz CT molecular complexity index is 1040. The molecule has 0 bridgehead atoms. The van der Waals surface area contributed by atoms with Crippen molar-refractivity contribution in [2.24, 2.45) is 0 Å². The zero-order chi connectivity index (χ0) is 22.2. The number of hydrogen-bond acceptors (Lipinski definition) is 6. The normalized spacial score (nSPS) is 11.5. The summed E-state index contributed by atoms with van der Waals surface area (Å²) >= 11 is 1.23. The van der Waals surface area contributed by atoms with Crippen LogP contribution in [-0.2, 0) is 16.1 Å². The van der Waals surface area contributed by atoms with Crippen LogP contribution >= 0.6 is 11.8 Å². The van der Waals surface area contributed by atoms with Crippen molar-refractivity contribution in [1.82, 2.24) is 5.32 Å². The van der Waals surface area contributed by atoms with E-state index in [1.54, 1.807) is 61.7 Å². The molecule has 0 fully saturated rings. The third-order valence-electron chi connectivity index (χ3n) is 4.49. The highest BCUT2D eigenvalue weighted by Crippen LogP contribution is 2.24. The number of ether oxygens (including phenoxy) is 1. The number of rotatable bonds is 9. The number of thioether (sulfide) groups is 1. The fourth-order valence-electron chi connectivity index (χ4n) is 2.78. The molecular formula is C24H23NO5S. The summed E-state index contributed by atoms with van der Waals surface area (Å²) in [5.74, 6) is -0.270. The minimum atomic E-state index is -0.926. The third-order valence-corrected chi connectivity index (χ3v) is 5.57. The van der Waals surface area contributed by atoms with Gasteiger partial charge in [-0.3, -0.25) is 9.59 Å². The summed E-state index contributed by atoms with van der Waals surface area (Å²) in [7, 11) is 0. The largest absolute Gasteiger partial charge is 0.467 e. The zero-order valence-electron chi connectivity index (χ0n) is 17.3. The Morgan fingerprint density at radius 3 is 2.48 bits per heavy atom. The van der Waals surface area contributed by atoms with Gasteiger partial charge in [-0.05, 0) is 38.1 Å². The van der Waals surface area contributed by atoms with E-state index < -0.39 is 12.1 Å². The van der Waals surface area contributed by atoms with Crippen LogP contribution < -0.4 is 5.32 Å². The molecule has 1 aromatic heterocycles. The van der Waals surface area contributed by atoms with E-state index in [1.165, 1.54) is 11.8 Å². The monoisotopic (exact) mass is 437 g/mol. The number of Topliss-reactive ketones (excluding diaryl/α,β-unsaturated/α-hetero) is 1. The number of nitrogens with one attached hydrogen (secondary N) is 1. The fraction of sp³-hybridized carbons (Fsp3) is 0.208. The summed E-state index contributed by atoms with van der Waals surface area (Å²) in [6.45, 7) is 3.79. The van der Waals surface area contributed by atoms with Gasteiger partial charge >= 0.3 is 5.97 Å². The number of amides is 1. The molecule has 1 atom stereocenters. The first-order valence-electron chi connectivity index (χ1n) is 9.77. The van der Waals surface area contributed by atoms with Crippen LogP contribution in [0.3, 0.4) is 0 Å². The second-order valence-electron chi connectivity index (χ2n) is 6.92. The first-order chi connectivity index (χ1) is 14.9. The minimum Gasteiger partial charge on any atom is -0.467 e. The van der Waals surface area contributed by atoms with Gasteiger partial charge < -0.3 is 14.5 Å². The summed E-state index contributed by atoms with van der Waals surface area (Å²) in [6, 6.07) is 17.5. The Kier molecular flexibility index (Phi) is 7.67. The third kappa shape index (κ3) is 6.33. The maximum Gasteiger partial charge on any atom is 0.339 e.